The number of nitrogens with zero attached hydrogens (tertiary/aromatic N) is 3. The van der Waals surface area contributed by atoms with Gasteiger partial charge in [0.1, 0.15) is 11.6 Å². The van der Waals surface area contributed by atoms with Gasteiger partial charge in [-0.25, -0.2) is 4.98 Å². The van der Waals surface area contributed by atoms with Crippen molar-refractivity contribution in [2.75, 3.05) is 29.9 Å². The molecule has 1 atom stereocenters. The molecule has 0 spiro atoms. The molecule has 1 aliphatic rings. The molecule has 0 aliphatic carbocycles. The molecule has 0 radical (unpaired) electrons. The van der Waals surface area contributed by atoms with Crippen LogP contribution in [0.15, 0.2) is 12.1 Å². The largest absolute Gasteiger partial charge is 0.370 e. The van der Waals surface area contributed by atoms with Gasteiger partial charge in [0.25, 0.3) is 5.69 Å². The summed E-state index contributed by atoms with van der Waals surface area (Å²) in [5, 5.41) is 14.2. The van der Waals surface area contributed by atoms with Gasteiger partial charge in [-0.05, 0) is 25.2 Å². The fraction of sp³-hybridized carbons (Fsp3) is 0.643. The average molecular weight is 278 g/mol. The predicted molar refractivity (Wildman–Crippen MR) is 80.3 cm³/mol. The van der Waals surface area contributed by atoms with E-state index in [2.05, 4.69) is 29.0 Å². The number of aromatic nitrogens is 1. The minimum absolute atomic E-state index is 0.104. The zero-order valence-corrected chi connectivity index (χ0v) is 12.1. The molecule has 2 rings (SSSR count). The Morgan fingerprint density at radius 3 is 3.00 bits per heavy atom. The fourth-order valence-corrected chi connectivity index (χ4v) is 2.51. The lowest BCUT2D eigenvalue weighted by atomic mass is 10.0. The van der Waals surface area contributed by atoms with Crippen LogP contribution in [0.2, 0.25) is 0 Å². The Morgan fingerprint density at radius 2 is 2.35 bits per heavy atom. The standard InChI is InChI=1S/C14H22N4O2/c1-3-6-15-13-8-12(18(19)20)9-14(16-13)17-7-4-5-11(2)10-17/h8-9,11H,3-7,10H2,1-2H3,(H,15,16). The highest BCUT2D eigenvalue weighted by Crippen LogP contribution is 2.27. The van der Waals surface area contributed by atoms with Crippen LogP contribution in [0.5, 0.6) is 0 Å². The van der Waals surface area contributed by atoms with Crippen molar-refractivity contribution in [1.82, 2.24) is 4.98 Å². The topological polar surface area (TPSA) is 71.3 Å². The molecule has 1 aromatic heterocycles. The molecule has 1 aromatic rings. The summed E-state index contributed by atoms with van der Waals surface area (Å²) in [6, 6.07) is 3.09. The van der Waals surface area contributed by atoms with Crippen molar-refractivity contribution < 1.29 is 4.92 Å². The fourth-order valence-electron chi connectivity index (χ4n) is 2.51. The van der Waals surface area contributed by atoms with Crippen LogP contribution >= 0.6 is 0 Å². The Kier molecular flexibility index (Phi) is 4.76. The summed E-state index contributed by atoms with van der Waals surface area (Å²) in [4.78, 5) is 17.4. The van der Waals surface area contributed by atoms with E-state index >= 15 is 0 Å². The van der Waals surface area contributed by atoms with Crippen LogP contribution in [0.3, 0.4) is 0 Å². The van der Waals surface area contributed by atoms with Gasteiger partial charge in [-0.1, -0.05) is 13.8 Å². The maximum Gasteiger partial charge on any atom is 0.276 e. The second-order valence-corrected chi connectivity index (χ2v) is 5.45. The van der Waals surface area contributed by atoms with Gasteiger partial charge >= 0.3 is 0 Å². The Labute approximate surface area is 119 Å². The van der Waals surface area contributed by atoms with Gasteiger partial charge in [0, 0.05) is 19.6 Å². The Hall–Kier alpha value is -1.85. The van der Waals surface area contributed by atoms with E-state index in [0.717, 1.165) is 32.5 Å². The molecule has 20 heavy (non-hydrogen) atoms. The van der Waals surface area contributed by atoms with Gasteiger partial charge < -0.3 is 10.2 Å². The average Bonchev–Trinajstić information content (AvgIpc) is 2.44. The summed E-state index contributed by atoms with van der Waals surface area (Å²) in [7, 11) is 0. The van der Waals surface area contributed by atoms with Crippen LogP contribution in [0.1, 0.15) is 33.1 Å². The molecule has 1 N–H and O–H groups in total. The number of nitrogens with one attached hydrogen (secondary N) is 1. The molecule has 1 fully saturated rings. The molecule has 1 saturated heterocycles. The van der Waals surface area contributed by atoms with Gasteiger partial charge in [0.2, 0.25) is 0 Å². The van der Waals surface area contributed by atoms with Gasteiger partial charge in [-0.3, -0.25) is 10.1 Å². The summed E-state index contributed by atoms with van der Waals surface area (Å²) in [6.45, 7) is 6.87. The van der Waals surface area contributed by atoms with Crippen molar-refractivity contribution in [2.45, 2.75) is 33.1 Å². The molecule has 0 aromatic carbocycles. The van der Waals surface area contributed by atoms with Crippen LogP contribution in [-0.4, -0.2) is 29.5 Å². The third-order valence-corrected chi connectivity index (χ3v) is 3.54. The maximum absolute atomic E-state index is 11.1. The quantitative estimate of drug-likeness (QED) is 0.662. The first-order valence-corrected chi connectivity index (χ1v) is 7.25. The predicted octanol–water partition coefficient (Wildman–Crippen LogP) is 3.05. The van der Waals surface area contributed by atoms with E-state index in [1.54, 1.807) is 6.07 Å². The first-order chi connectivity index (χ1) is 9.60. The number of nitro groups is 1. The molecule has 0 bridgehead atoms. The highest BCUT2D eigenvalue weighted by atomic mass is 16.6. The zero-order chi connectivity index (χ0) is 14.5. The van der Waals surface area contributed by atoms with Gasteiger partial charge in [0.15, 0.2) is 0 Å². The highest BCUT2D eigenvalue weighted by Gasteiger charge is 2.20. The summed E-state index contributed by atoms with van der Waals surface area (Å²) < 4.78 is 0. The van der Waals surface area contributed by atoms with Crippen LogP contribution in [0.4, 0.5) is 17.3 Å². The zero-order valence-electron chi connectivity index (χ0n) is 12.1. The van der Waals surface area contributed by atoms with E-state index < -0.39 is 0 Å². The highest BCUT2D eigenvalue weighted by molar-refractivity contribution is 5.56. The molecular weight excluding hydrogens is 256 g/mol. The van der Waals surface area contributed by atoms with E-state index in [1.165, 1.54) is 12.5 Å². The minimum Gasteiger partial charge on any atom is -0.370 e. The van der Waals surface area contributed by atoms with E-state index in [0.29, 0.717) is 17.6 Å². The van der Waals surface area contributed by atoms with Crippen LogP contribution in [-0.2, 0) is 0 Å². The molecule has 6 nitrogen and oxygen atoms in total. The van der Waals surface area contributed by atoms with E-state index in [-0.39, 0.29) is 10.6 Å². The lowest BCUT2D eigenvalue weighted by Gasteiger charge is -2.31. The second kappa shape index (κ2) is 6.54. The molecule has 0 saturated carbocycles. The number of rotatable bonds is 5. The summed E-state index contributed by atoms with van der Waals surface area (Å²) in [5.41, 5.74) is 0.104. The third-order valence-electron chi connectivity index (χ3n) is 3.54. The Morgan fingerprint density at radius 1 is 1.55 bits per heavy atom. The van der Waals surface area contributed by atoms with Crippen molar-refractivity contribution in [3.63, 3.8) is 0 Å². The number of pyridine rings is 1. The van der Waals surface area contributed by atoms with Crippen molar-refractivity contribution in [2.24, 2.45) is 5.92 Å². The molecule has 110 valence electrons. The third kappa shape index (κ3) is 3.59. The van der Waals surface area contributed by atoms with Crippen molar-refractivity contribution >= 4 is 17.3 Å². The summed E-state index contributed by atoms with van der Waals surface area (Å²) in [5.74, 6) is 1.91. The van der Waals surface area contributed by atoms with Gasteiger partial charge in [0.05, 0.1) is 17.1 Å². The monoisotopic (exact) mass is 278 g/mol. The van der Waals surface area contributed by atoms with Crippen LogP contribution in [0.25, 0.3) is 0 Å². The van der Waals surface area contributed by atoms with Crippen molar-refractivity contribution in [3.8, 4) is 0 Å². The molecular formula is C14H22N4O2. The SMILES string of the molecule is CCCNc1cc([N+](=O)[O-])cc(N2CCCC(C)C2)n1. The lowest BCUT2D eigenvalue weighted by Crippen LogP contribution is -2.34. The van der Waals surface area contributed by atoms with E-state index in [9.17, 15) is 10.1 Å². The number of hydrogen-bond donors (Lipinski definition) is 1. The summed E-state index contributed by atoms with van der Waals surface area (Å²) in [6.07, 6.45) is 3.29. The second-order valence-electron chi connectivity index (χ2n) is 5.45. The van der Waals surface area contributed by atoms with Crippen molar-refractivity contribution in [3.05, 3.63) is 22.2 Å². The molecule has 0 amide bonds. The summed E-state index contributed by atoms with van der Waals surface area (Å²) >= 11 is 0. The molecule has 6 heteroatoms. The van der Waals surface area contributed by atoms with Crippen molar-refractivity contribution in [1.29, 1.82) is 0 Å². The minimum atomic E-state index is -0.352. The first-order valence-electron chi connectivity index (χ1n) is 7.25. The molecule has 1 aliphatic heterocycles. The number of piperidine rings is 1. The van der Waals surface area contributed by atoms with E-state index in [1.807, 2.05) is 0 Å². The van der Waals surface area contributed by atoms with Gasteiger partial charge in [-0.15, -0.1) is 0 Å². The van der Waals surface area contributed by atoms with Gasteiger partial charge in [-0.2, -0.15) is 0 Å². The molecule has 2 heterocycles. The normalized spacial score (nSPS) is 18.9. The smallest absolute Gasteiger partial charge is 0.276 e. The lowest BCUT2D eigenvalue weighted by molar-refractivity contribution is -0.384. The Bertz CT molecular complexity index is 478. The number of hydrogen-bond acceptors (Lipinski definition) is 5. The Balaban J connectivity index is 2.25. The first kappa shape index (κ1) is 14.6. The number of anilines is 2. The van der Waals surface area contributed by atoms with E-state index in [4.69, 9.17) is 0 Å². The van der Waals surface area contributed by atoms with Crippen LogP contribution < -0.4 is 10.2 Å². The maximum atomic E-state index is 11.1. The van der Waals surface area contributed by atoms with Crippen LogP contribution in [0, 0.1) is 16.0 Å². The molecule has 1 unspecified atom stereocenters.